The molecule has 0 amide bonds. The first kappa shape index (κ1) is 17.2. The number of nitrogens with zero attached hydrogens (tertiary/aromatic N) is 3. The zero-order valence-corrected chi connectivity index (χ0v) is 16.3. The lowest BCUT2D eigenvalue weighted by atomic mass is 9.90. The lowest BCUT2D eigenvalue weighted by Crippen LogP contribution is -2.30. The number of imidazole rings is 1. The highest BCUT2D eigenvalue weighted by Crippen LogP contribution is 2.29. The van der Waals surface area contributed by atoms with Crippen molar-refractivity contribution in [2.45, 2.75) is 18.8 Å². The first-order chi connectivity index (χ1) is 13.8. The molecular formula is C25H25N3. The van der Waals surface area contributed by atoms with Gasteiger partial charge in [-0.25, -0.2) is 4.98 Å². The second kappa shape index (κ2) is 7.25. The third-order valence-electron chi connectivity index (χ3n) is 5.90. The Balaban J connectivity index is 1.50. The lowest BCUT2D eigenvalue weighted by molar-refractivity contribution is 0.251. The van der Waals surface area contributed by atoms with Crippen LogP contribution in [0.25, 0.3) is 27.8 Å². The van der Waals surface area contributed by atoms with Gasteiger partial charge in [0.1, 0.15) is 6.33 Å². The molecular weight excluding hydrogens is 342 g/mol. The molecule has 0 saturated carbocycles. The summed E-state index contributed by atoms with van der Waals surface area (Å²) in [6.45, 7) is 2.36. The molecule has 1 unspecified atom stereocenters. The van der Waals surface area contributed by atoms with Gasteiger partial charge in [0.15, 0.2) is 0 Å². The number of piperidine rings is 1. The topological polar surface area (TPSA) is 21.1 Å². The van der Waals surface area contributed by atoms with Crippen LogP contribution in [-0.2, 0) is 0 Å². The van der Waals surface area contributed by atoms with Crippen LogP contribution in [0.1, 0.15) is 24.3 Å². The largest absolute Gasteiger partial charge is 0.306 e. The van der Waals surface area contributed by atoms with Gasteiger partial charge < -0.3 is 4.90 Å². The molecule has 1 aromatic heterocycles. The van der Waals surface area contributed by atoms with E-state index in [1.54, 1.807) is 0 Å². The molecule has 140 valence electrons. The Morgan fingerprint density at radius 2 is 1.79 bits per heavy atom. The minimum atomic E-state index is 0.623. The number of fused-ring (bicyclic) bond motifs is 1. The fraction of sp³-hybridized carbons (Fsp3) is 0.240. The molecule has 1 fully saturated rings. The van der Waals surface area contributed by atoms with Gasteiger partial charge in [0, 0.05) is 12.2 Å². The SMILES string of the molecule is CN1CCCC(c2cccc(-n3cnc4cc(-c5ccccc5)ccc43)c2)C1. The van der Waals surface area contributed by atoms with Crippen LogP contribution < -0.4 is 0 Å². The Morgan fingerprint density at radius 1 is 0.893 bits per heavy atom. The maximum absolute atomic E-state index is 4.69. The molecule has 1 aliphatic heterocycles. The van der Waals surface area contributed by atoms with Crippen molar-refractivity contribution < 1.29 is 0 Å². The summed E-state index contributed by atoms with van der Waals surface area (Å²) >= 11 is 0. The molecule has 0 bridgehead atoms. The van der Waals surface area contributed by atoms with Gasteiger partial charge in [0.2, 0.25) is 0 Å². The van der Waals surface area contributed by atoms with Crippen molar-refractivity contribution >= 4 is 11.0 Å². The zero-order chi connectivity index (χ0) is 18.9. The van der Waals surface area contributed by atoms with Crippen LogP contribution in [0.3, 0.4) is 0 Å². The van der Waals surface area contributed by atoms with Gasteiger partial charge in [-0.3, -0.25) is 4.57 Å². The Hall–Kier alpha value is -2.91. The summed E-state index contributed by atoms with van der Waals surface area (Å²) in [5.74, 6) is 0.623. The summed E-state index contributed by atoms with van der Waals surface area (Å²) < 4.78 is 2.21. The van der Waals surface area contributed by atoms with Gasteiger partial charge in [0.25, 0.3) is 0 Å². The molecule has 0 spiro atoms. The Kier molecular flexibility index (Phi) is 4.46. The van der Waals surface area contributed by atoms with E-state index in [-0.39, 0.29) is 0 Å². The summed E-state index contributed by atoms with van der Waals surface area (Å²) in [6.07, 6.45) is 4.51. The van der Waals surface area contributed by atoms with Gasteiger partial charge in [0.05, 0.1) is 11.0 Å². The van der Waals surface area contributed by atoms with Gasteiger partial charge in [-0.05, 0) is 73.3 Å². The standard InChI is InChI=1S/C25H25N3/c1-27-14-6-10-22(17-27)20-9-5-11-23(15-20)28-18-26-24-16-21(12-13-25(24)28)19-7-3-2-4-8-19/h2-5,7-9,11-13,15-16,18,22H,6,10,14,17H2,1H3. The van der Waals surface area contributed by atoms with Gasteiger partial charge >= 0.3 is 0 Å². The first-order valence-electron chi connectivity index (χ1n) is 10.1. The predicted octanol–water partition coefficient (Wildman–Crippen LogP) is 5.50. The quantitative estimate of drug-likeness (QED) is 0.477. The normalized spacial score (nSPS) is 17.8. The second-order valence-corrected chi connectivity index (χ2v) is 7.88. The molecule has 2 heterocycles. The maximum atomic E-state index is 4.69. The summed E-state index contributed by atoms with van der Waals surface area (Å²) in [7, 11) is 2.23. The molecule has 4 aromatic rings. The van der Waals surface area contributed by atoms with Crippen molar-refractivity contribution in [2.75, 3.05) is 20.1 Å². The number of likely N-dealkylation sites (N-methyl/N-ethyl adjacent to an activating group) is 1. The van der Waals surface area contributed by atoms with Gasteiger partial charge in [-0.2, -0.15) is 0 Å². The number of rotatable bonds is 3. The lowest BCUT2D eigenvalue weighted by Gasteiger charge is -2.30. The molecule has 3 heteroatoms. The molecule has 5 rings (SSSR count). The third-order valence-corrected chi connectivity index (χ3v) is 5.90. The van der Waals surface area contributed by atoms with E-state index in [4.69, 9.17) is 4.98 Å². The number of hydrogen-bond donors (Lipinski definition) is 0. The van der Waals surface area contributed by atoms with E-state index in [0.717, 1.165) is 17.6 Å². The minimum absolute atomic E-state index is 0.623. The Morgan fingerprint density at radius 3 is 2.64 bits per heavy atom. The van der Waals surface area contributed by atoms with E-state index in [2.05, 4.69) is 83.2 Å². The van der Waals surface area contributed by atoms with Crippen LogP contribution in [0.4, 0.5) is 0 Å². The fourth-order valence-electron chi connectivity index (χ4n) is 4.40. The van der Waals surface area contributed by atoms with Crippen LogP contribution in [0.2, 0.25) is 0 Å². The summed E-state index contributed by atoms with van der Waals surface area (Å²) in [4.78, 5) is 7.13. The Labute approximate surface area is 166 Å². The van der Waals surface area contributed by atoms with E-state index in [9.17, 15) is 0 Å². The predicted molar refractivity (Wildman–Crippen MR) is 116 cm³/mol. The van der Waals surface area contributed by atoms with E-state index >= 15 is 0 Å². The molecule has 28 heavy (non-hydrogen) atoms. The van der Waals surface area contributed by atoms with Crippen LogP contribution in [0, 0.1) is 0 Å². The molecule has 0 aliphatic carbocycles. The third kappa shape index (κ3) is 3.23. The number of likely N-dealkylation sites (tertiary alicyclic amines) is 1. The van der Waals surface area contributed by atoms with E-state index < -0.39 is 0 Å². The molecule has 1 atom stereocenters. The zero-order valence-electron chi connectivity index (χ0n) is 16.3. The average Bonchev–Trinajstić information content (AvgIpc) is 3.18. The molecule has 3 aromatic carbocycles. The van der Waals surface area contributed by atoms with Crippen LogP contribution in [0.15, 0.2) is 79.1 Å². The van der Waals surface area contributed by atoms with Crippen molar-refractivity contribution in [1.29, 1.82) is 0 Å². The monoisotopic (exact) mass is 367 g/mol. The second-order valence-electron chi connectivity index (χ2n) is 7.88. The van der Waals surface area contributed by atoms with Crippen molar-refractivity contribution in [3.8, 4) is 16.8 Å². The Bertz CT molecular complexity index is 1100. The molecule has 0 radical (unpaired) electrons. The van der Waals surface area contributed by atoms with Crippen LogP contribution in [-0.4, -0.2) is 34.6 Å². The summed E-state index contributed by atoms with van der Waals surface area (Å²) in [5, 5.41) is 0. The highest BCUT2D eigenvalue weighted by atomic mass is 15.1. The molecule has 1 aliphatic rings. The van der Waals surface area contributed by atoms with E-state index in [1.807, 2.05) is 12.4 Å². The minimum Gasteiger partial charge on any atom is -0.306 e. The number of hydrogen-bond acceptors (Lipinski definition) is 2. The highest BCUT2D eigenvalue weighted by Gasteiger charge is 2.19. The van der Waals surface area contributed by atoms with Gasteiger partial charge in [-0.1, -0.05) is 48.5 Å². The average molecular weight is 367 g/mol. The van der Waals surface area contributed by atoms with E-state index in [1.165, 1.54) is 41.8 Å². The van der Waals surface area contributed by atoms with E-state index in [0.29, 0.717) is 5.92 Å². The number of benzene rings is 3. The summed E-state index contributed by atoms with van der Waals surface area (Å²) in [6, 6.07) is 26.0. The van der Waals surface area contributed by atoms with Crippen molar-refractivity contribution in [2.24, 2.45) is 0 Å². The molecule has 1 saturated heterocycles. The smallest absolute Gasteiger partial charge is 0.100 e. The summed E-state index contributed by atoms with van der Waals surface area (Å²) in [5.41, 5.74) is 7.24. The van der Waals surface area contributed by atoms with Crippen molar-refractivity contribution in [1.82, 2.24) is 14.5 Å². The molecule has 3 nitrogen and oxygen atoms in total. The number of aromatic nitrogens is 2. The van der Waals surface area contributed by atoms with Crippen molar-refractivity contribution in [3.05, 3.63) is 84.7 Å². The fourth-order valence-corrected chi connectivity index (χ4v) is 4.40. The maximum Gasteiger partial charge on any atom is 0.100 e. The van der Waals surface area contributed by atoms with Crippen LogP contribution >= 0.6 is 0 Å². The first-order valence-corrected chi connectivity index (χ1v) is 10.1. The van der Waals surface area contributed by atoms with Crippen molar-refractivity contribution in [3.63, 3.8) is 0 Å². The highest BCUT2D eigenvalue weighted by molar-refractivity contribution is 5.83. The molecule has 0 N–H and O–H groups in total. The van der Waals surface area contributed by atoms with Crippen LogP contribution in [0.5, 0.6) is 0 Å². The van der Waals surface area contributed by atoms with Gasteiger partial charge in [-0.15, -0.1) is 0 Å².